The van der Waals surface area contributed by atoms with E-state index in [1.807, 2.05) is 59.5 Å². The number of likely N-dealkylation sites (tertiary alicyclic amines) is 1. The van der Waals surface area contributed by atoms with Crippen LogP contribution in [0.5, 0.6) is 11.5 Å². The number of nitrogens with zero attached hydrogens (tertiary/aromatic N) is 3. The zero-order valence-electron chi connectivity index (χ0n) is 15.5. The molecule has 1 fully saturated rings. The molecule has 0 saturated carbocycles. The highest BCUT2D eigenvalue weighted by molar-refractivity contribution is 5.93. The molecule has 1 N–H and O–H groups in total. The molecule has 2 aromatic carbocycles. The third kappa shape index (κ3) is 4.46. The number of carbonyl (C=O) groups excluding carboxylic acids is 1. The molecule has 28 heavy (non-hydrogen) atoms. The van der Waals surface area contributed by atoms with Crippen LogP contribution in [-0.4, -0.2) is 33.9 Å². The lowest BCUT2D eigenvalue weighted by molar-refractivity contribution is 0.0718. The van der Waals surface area contributed by atoms with Crippen molar-refractivity contribution in [3.05, 3.63) is 72.7 Å². The molecule has 0 atom stereocenters. The van der Waals surface area contributed by atoms with E-state index in [0.717, 1.165) is 43.1 Å². The molecule has 2 heterocycles. The van der Waals surface area contributed by atoms with Crippen LogP contribution in [-0.2, 0) is 0 Å². The standard InChI is InChI=1S/C22H22N4O2/c27-22(26-13-5-2-6-14-26)20-15-21(24-16-23-20)25-17-9-11-19(12-10-17)28-18-7-3-1-4-8-18/h1,3-4,7-12,15-16H,2,5-6,13-14H2,(H,23,24,25). The molecule has 6 heteroatoms. The van der Waals surface area contributed by atoms with Crippen LogP contribution in [0.3, 0.4) is 0 Å². The summed E-state index contributed by atoms with van der Waals surface area (Å²) in [7, 11) is 0. The van der Waals surface area contributed by atoms with E-state index in [1.54, 1.807) is 6.07 Å². The minimum atomic E-state index is -0.0308. The lowest BCUT2D eigenvalue weighted by Crippen LogP contribution is -2.36. The zero-order chi connectivity index (χ0) is 19.2. The number of benzene rings is 2. The highest BCUT2D eigenvalue weighted by Crippen LogP contribution is 2.24. The number of anilines is 2. The maximum atomic E-state index is 12.6. The fraction of sp³-hybridized carbons (Fsp3) is 0.227. The number of rotatable bonds is 5. The molecule has 1 aliphatic rings. The van der Waals surface area contributed by atoms with Crippen molar-refractivity contribution < 1.29 is 9.53 Å². The van der Waals surface area contributed by atoms with Gasteiger partial charge in [0.2, 0.25) is 0 Å². The number of nitrogens with one attached hydrogen (secondary N) is 1. The van der Waals surface area contributed by atoms with E-state index in [-0.39, 0.29) is 5.91 Å². The molecule has 0 bridgehead atoms. The van der Waals surface area contributed by atoms with E-state index >= 15 is 0 Å². The molecule has 0 radical (unpaired) electrons. The van der Waals surface area contributed by atoms with Gasteiger partial charge >= 0.3 is 0 Å². The van der Waals surface area contributed by atoms with Gasteiger partial charge in [-0.25, -0.2) is 9.97 Å². The number of ether oxygens (including phenoxy) is 1. The quantitative estimate of drug-likeness (QED) is 0.705. The second-order valence-corrected chi connectivity index (χ2v) is 6.71. The summed E-state index contributed by atoms with van der Waals surface area (Å²) < 4.78 is 5.80. The van der Waals surface area contributed by atoms with Crippen LogP contribution >= 0.6 is 0 Å². The van der Waals surface area contributed by atoms with Gasteiger partial charge in [0.15, 0.2) is 0 Å². The average molecular weight is 374 g/mol. The third-order valence-electron chi connectivity index (χ3n) is 4.64. The highest BCUT2D eigenvalue weighted by atomic mass is 16.5. The van der Waals surface area contributed by atoms with Gasteiger partial charge in [0.25, 0.3) is 5.91 Å². The van der Waals surface area contributed by atoms with Gasteiger partial charge < -0.3 is 15.0 Å². The molecule has 1 aliphatic heterocycles. The molecule has 6 nitrogen and oxygen atoms in total. The van der Waals surface area contributed by atoms with E-state index in [4.69, 9.17) is 4.74 Å². The Morgan fingerprint density at radius 3 is 2.36 bits per heavy atom. The normalized spacial score (nSPS) is 13.8. The van der Waals surface area contributed by atoms with Gasteiger partial charge in [-0.05, 0) is 55.7 Å². The van der Waals surface area contributed by atoms with Crippen LogP contribution in [0.4, 0.5) is 11.5 Å². The summed E-state index contributed by atoms with van der Waals surface area (Å²) in [6.45, 7) is 1.60. The smallest absolute Gasteiger partial charge is 0.272 e. The predicted octanol–water partition coefficient (Wildman–Crippen LogP) is 4.64. The number of hydrogen-bond acceptors (Lipinski definition) is 5. The monoisotopic (exact) mass is 374 g/mol. The Morgan fingerprint density at radius 2 is 1.61 bits per heavy atom. The van der Waals surface area contributed by atoms with Crippen molar-refractivity contribution in [1.29, 1.82) is 0 Å². The van der Waals surface area contributed by atoms with Gasteiger partial charge in [-0.3, -0.25) is 4.79 Å². The molecule has 1 amide bonds. The highest BCUT2D eigenvalue weighted by Gasteiger charge is 2.19. The van der Waals surface area contributed by atoms with Crippen molar-refractivity contribution in [3.63, 3.8) is 0 Å². The first kappa shape index (κ1) is 18.0. The summed E-state index contributed by atoms with van der Waals surface area (Å²) >= 11 is 0. The molecule has 1 aromatic heterocycles. The molecule has 1 saturated heterocycles. The lowest BCUT2D eigenvalue weighted by Gasteiger charge is -2.26. The van der Waals surface area contributed by atoms with Gasteiger partial charge in [0.05, 0.1) is 0 Å². The van der Waals surface area contributed by atoms with Crippen molar-refractivity contribution in [3.8, 4) is 11.5 Å². The van der Waals surface area contributed by atoms with E-state index in [1.165, 1.54) is 12.7 Å². The largest absolute Gasteiger partial charge is 0.457 e. The van der Waals surface area contributed by atoms with E-state index in [9.17, 15) is 4.79 Å². The summed E-state index contributed by atoms with van der Waals surface area (Å²) in [6.07, 6.45) is 4.72. The Morgan fingerprint density at radius 1 is 0.893 bits per heavy atom. The van der Waals surface area contributed by atoms with Crippen molar-refractivity contribution in [1.82, 2.24) is 14.9 Å². The van der Waals surface area contributed by atoms with Gasteiger partial charge in [0, 0.05) is 24.8 Å². The molecule has 3 aromatic rings. The predicted molar refractivity (Wildman–Crippen MR) is 108 cm³/mol. The number of carbonyl (C=O) groups is 1. The maximum absolute atomic E-state index is 12.6. The Labute approximate surface area is 164 Å². The molecule has 142 valence electrons. The van der Waals surface area contributed by atoms with Gasteiger partial charge in [-0.2, -0.15) is 0 Å². The van der Waals surface area contributed by atoms with Crippen LogP contribution in [0, 0.1) is 0 Å². The van der Waals surface area contributed by atoms with Crippen molar-refractivity contribution in [2.24, 2.45) is 0 Å². The number of aromatic nitrogens is 2. The molecule has 0 spiro atoms. The van der Waals surface area contributed by atoms with E-state index < -0.39 is 0 Å². The summed E-state index contributed by atoms with van der Waals surface area (Å²) in [6, 6.07) is 18.9. The van der Waals surface area contributed by atoms with Crippen LogP contribution in [0.2, 0.25) is 0 Å². The Balaban J connectivity index is 1.42. The fourth-order valence-corrected chi connectivity index (χ4v) is 3.18. The molecular weight excluding hydrogens is 352 g/mol. The first-order chi connectivity index (χ1) is 13.8. The maximum Gasteiger partial charge on any atom is 0.272 e. The molecular formula is C22H22N4O2. The molecule has 0 aliphatic carbocycles. The molecule has 4 rings (SSSR count). The summed E-state index contributed by atoms with van der Waals surface area (Å²) in [5.41, 5.74) is 1.28. The second-order valence-electron chi connectivity index (χ2n) is 6.71. The van der Waals surface area contributed by atoms with Crippen LogP contribution in [0.25, 0.3) is 0 Å². The van der Waals surface area contributed by atoms with Gasteiger partial charge in [0.1, 0.15) is 29.3 Å². The Kier molecular flexibility index (Phi) is 5.47. The lowest BCUT2D eigenvalue weighted by atomic mass is 10.1. The SMILES string of the molecule is O=C(c1cc(Nc2ccc(Oc3ccccc3)cc2)ncn1)N1CCCCC1. The Hall–Kier alpha value is -3.41. The average Bonchev–Trinajstić information content (AvgIpc) is 2.76. The van der Waals surface area contributed by atoms with E-state index in [0.29, 0.717) is 11.5 Å². The minimum absolute atomic E-state index is 0.0308. The van der Waals surface area contributed by atoms with Crippen LogP contribution in [0.1, 0.15) is 29.8 Å². The number of hydrogen-bond donors (Lipinski definition) is 1. The second kappa shape index (κ2) is 8.52. The van der Waals surface area contributed by atoms with Crippen LogP contribution < -0.4 is 10.1 Å². The number of amides is 1. The van der Waals surface area contributed by atoms with Crippen molar-refractivity contribution >= 4 is 17.4 Å². The first-order valence-electron chi connectivity index (χ1n) is 9.49. The van der Waals surface area contributed by atoms with Crippen LogP contribution in [0.15, 0.2) is 67.0 Å². The van der Waals surface area contributed by atoms with Crippen molar-refractivity contribution in [2.45, 2.75) is 19.3 Å². The fourth-order valence-electron chi connectivity index (χ4n) is 3.18. The van der Waals surface area contributed by atoms with Crippen molar-refractivity contribution in [2.75, 3.05) is 18.4 Å². The zero-order valence-corrected chi connectivity index (χ0v) is 15.5. The van der Waals surface area contributed by atoms with E-state index in [2.05, 4.69) is 15.3 Å². The Bertz CT molecular complexity index is 923. The third-order valence-corrected chi connectivity index (χ3v) is 4.64. The minimum Gasteiger partial charge on any atom is -0.457 e. The van der Waals surface area contributed by atoms with Gasteiger partial charge in [-0.15, -0.1) is 0 Å². The summed E-state index contributed by atoms with van der Waals surface area (Å²) in [4.78, 5) is 22.9. The number of para-hydroxylation sites is 1. The number of piperidine rings is 1. The molecule has 0 unspecified atom stereocenters. The first-order valence-corrected chi connectivity index (χ1v) is 9.49. The summed E-state index contributed by atoms with van der Waals surface area (Å²) in [5.74, 6) is 2.10. The summed E-state index contributed by atoms with van der Waals surface area (Å²) in [5, 5.41) is 3.22. The van der Waals surface area contributed by atoms with Gasteiger partial charge in [-0.1, -0.05) is 18.2 Å². The topological polar surface area (TPSA) is 67.3 Å².